The van der Waals surface area contributed by atoms with Gasteiger partial charge in [-0.3, -0.25) is 4.79 Å². The topological polar surface area (TPSA) is 55.1 Å². The van der Waals surface area contributed by atoms with Gasteiger partial charge >= 0.3 is 0 Å². The molecule has 0 radical (unpaired) electrons. The molecule has 2 aromatic rings. The molecule has 1 amide bonds. The van der Waals surface area contributed by atoms with E-state index in [0.717, 1.165) is 16.7 Å². The summed E-state index contributed by atoms with van der Waals surface area (Å²) in [6.07, 6.45) is 0. The summed E-state index contributed by atoms with van der Waals surface area (Å²) < 4.78 is 0. The van der Waals surface area contributed by atoms with Crippen LogP contribution in [0.2, 0.25) is 5.02 Å². The van der Waals surface area contributed by atoms with Crippen molar-refractivity contribution in [3.8, 4) is 0 Å². The second-order valence-electron chi connectivity index (χ2n) is 4.80. The first-order valence-corrected chi connectivity index (χ1v) is 6.75. The molecular weight excluding hydrogens is 272 g/mol. The molecule has 0 atom stereocenters. The van der Waals surface area contributed by atoms with E-state index in [2.05, 4.69) is 5.32 Å². The zero-order chi connectivity index (χ0) is 14.7. The molecule has 0 fully saturated rings. The second kappa shape index (κ2) is 5.97. The van der Waals surface area contributed by atoms with E-state index in [1.807, 2.05) is 38.1 Å². The summed E-state index contributed by atoms with van der Waals surface area (Å²) in [5.41, 5.74) is 9.86. The summed E-state index contributed by atoms with van der Waals surface area (Å²) in [4.78, 5) is 12.2. The first-order chi connectivity index (χ1) is 9.49. The van der Waals surface area contributed by atoms with Crippen molar-refractivity contribution in [2.45, 2.75) is 20.4 Å². The van der Waals surface area contributed by atoms with Crippen molar-refractivity contribution in [3.63, 3.8) is 0 Å². The molecule has 0 saturated heterocycles. The summed E-state index contributed by atoms with van der Waals surface area (Å²) in [7, 11) is 0. The van der Waals surface area contributed by atoms with Gasteiger partial charge in [-0.25, -0.2) is 0 Å². The van der Waals surface area contributed by atoms with Crippen molar-refractivity contribution in [2.75, 3.05) is 5.73 Å². The number of anilines is 1. The Kier molecular flexibility index (Phi) is 4.30. The highest BCUT2D eigenvalue weighted by Gasteiger charge is 2.11. The van der Waals surface area contributed by atoms with Crippen LogP contribution < -0.4 is 11.1 Å². The maximum atomic E-state index is 12.2. The number of carbonyl (C=O) groups is 1. The lowest BCUT2D eigenvalue weighted by Gasteiger charge is -2.11. The minimum Gasteiger partial charge on any atom is -0.398 e. The quantitative estimate of drug-likeness (QED) is 0.850. The molecule has 3 nitrogen and oxygen atoms in total. The van der Waals surface area contributed by atoms with Crippen LogP contribution in [0.4, 0.5) is 5.69 Å². The van der Waals surface area contributed by atoms with Gasteiger partial charge in [0.25, 0.3) is 5.91 Å². The Morgan fingerprint density at radius 3 is 2.60 bits per heavy atom. The van der Waals surface area contributed by atoms with Gasteiger partial charge in [0.05, 0.1) is 0 Å². The fourth-order valence-electron chi connectivity index (χ4n) is 2.03. The minimum atomic E-state index is -0.144. The third-order valence-electron chi connectivity index (χ3n) is 3.25. The first-order valence-electron chi connectivity index (χ1n) is 6.37. The molecule has 3 N–H and O–H groups in total. The van der Waals surface area contributed by atoms with E-state index >= 15 is 0 Å². The van der Waals surface area contributed by atoms with Crippen molar-refractivity contribution in [3.05, 3.63) is 63.7 Å². The van der Waals surface area contributed by atoms with Gasteiger partial charge in [0.1, 0.15) is 0 Å². The van der Waals surface area contributed by atoms with Crippen LogP contribution in [0.25, 0.3) is 0 Å². The monoisotopic (exact) mass is 288 g/mol. The molecule has 0 saturated carbocycles. The van der Waals surface area contributed by atoms with E-state index in [9.17, 15) is 4.79 Å². The van der Waals surface area contributed by atoms with Crippen LogP contribution in [0.15, 0.2) is 36.4 Å². The third kappa shape index (κ3) is 3.11. The zero-order valence-electron chi connectivity index (χ0n) is 11.5. The average molecular weight is 289 g/mol. The molecule has 0 aliphatic carbocycles. The number of hydrogen-bond donors (Lipinski definition) is 2. The fourth-order valence-corrected chi connectivity index (χ4v) is 2.23. The number of hydrogen-bond acceptors (Lipinski definition) is 2. The molecule has 2 aromatic carbocycles. The van der Waals surface area contributed by atoms with E-state index < -0.39 is 0 Å². The van der Waals surface area contributed by atoms with Crippen LogP contribution in [0, 0.1) is 13.8 Å². The van der Waals surface area contributed by atoms with E-state index in [4.69, 9.17) is 17.3 Å². The van der Waals surface area contributed by atoms with Crippen molar-refractivity contribution in [1.29, 1.82) is 0 Å². The molecule has 2 rings (SSSR count). The number of aryl methyl sites for hydroxylation is 2. The molecule has 0 aromatic heterocycles. The summed E-state index contributed by atoms with van der Waals surface area (Å²) in [5.74, 6) is -0.144. The van der Waals surface area contributed by atoms with Gasteiger partial charge in [-0.2, -0.15) is 0 Å². The van der Waals surface area contributed by atoms with Gasteiger partial charge in [0.15, 0.2) is 0 Å². The lowest BCUT2D eigenvalue weighted by Crippen LogP contribution is -2.24. The van der Waals surface area contributed by atoms with Crippen molar-refractivity contribution in [1.82, 2.24) is 5.32 Å². The van der Waals surface area contributed by atoms with Crippen LogP contribution >= 0.6 is 11.6 Å². The van der Waals surface area contributed by atoms with E-state index in [-0.39, 0.29) is 5.91 Å². The van der Waals surface area contributed by atoms with Crippen LogP contribution in [-0.2, 0) is 6.54 Å². The normalized spacial score (nSPS) is 10.3. The van der Waals surface area contributed by atoms with Crippen LogP contribution in [-0.4, -0.2) is 5.91 Å². The van der Waals surface area contributed by atoms with Gasteiger partial charge in [-0.1, -0.05) is 35.9 Å². The predicted molar refractivity (Wildman–Crippen MR) is 83.0 cm³/mol. The van der Waals surface area contributed by atoms with Gasteiger partial charge in [-0.05, 0) is 42.7 Å². The lowest BCUT2D eigenvalue weighted by molar-refractivity contribution is 0.0950. The van der Waals surface area contributed by atoms with Gasteiger partial charge in [-0.15, -0.1) is 0 Å². The summed E-state index contributed by atoms with van der Waals surface area (Å²) >= 11 is 6.06. The predicted octanol–water partition coefficient (Wildman–Crippen LogP) is 3.47. The van der Waals surface area contributed by atoms with Gasteiger partial charge in [0, 0.05) is 22.8 Å². The Balaban J connectivity index is 2.13. The molecule has 4 heteroatoms. The van der Waals surface area contributed by atoms with E-state index in [0.29, 0.717) is 22.8 Å². The number of carbonyl (C=O) groups excluding carboxylic acids is 1. The fraction of sp³-hybridized carbons (Fsp3) is 0.188. The number of amides is 1. The third-order valence-corrected chi connectivity index (χ3v) is 3.62. The largest absolute Gasteiger partial charge is 0.398 e. The molecule has 0 bridgehead atoms. The molecule has 20 heavy (non-hydrogen) atoms. The highest BCUT2D eigenvalue weighted by Crippen LogP contribution is 2.18. The molecule has 104 valence electrons. The second-order valence-corrected chi connectivity index (χ2v) is 5.21. The van der Waals surface area contributed by atoms with Gasteiger partial charge < -0.3 is 11.1 Å². The standard InChI is InChI=1S/C16H17ClN2O/c1-10-7-11(2)15(18)8-13(10)16(20)19-9-12-5-3-4-6-14(12)17/h3-8H,9,18H2,1-2H3,(H,19,20). The SMILES string of the molecule is Cc1cc(C)c(C(=O)NCc2ccccc2Cl)cc1N. The van der Waals surface area contributed by atoms with Gasteiger partial charge in [0.2, 0.25) is 0 Å². The Hall–Kier alpha value is -2.00. The minimum absolute atomic E-state index is 0.144. The van der Waals surface area contributed by atoms with Crippen LogP contribution in [0.3, 0.4) is 0 Å². The van der Waals surface area contributed by atoms with E-state index in [1.165, 1.54) is 0 Å². The van der Waals surface area contributed by atoms with Crippen molar-refractivity contribution in [2.24, 2.45) is 0 Å². The zero-order valence-corrected chi connectivity index (χ0v) is 12.3. The maximum absolute atomic E-state index is 12.2. The summed E-state index contributed by atoms with van der Waals surface area (Å²) in [6.45, 7) is 4.22. The number of nitrogen functional groups attached to an aromatic ring is 1. The Labute approximate surface area is 123 Å². The highest BCUT2D eigenvalue weighted by atomic mass is 35.5. The number of benzene rings is 2. The molecule has 0 aliphatic heterocycles. The van der Waals surface area contributed by atoms with Crippen molar-refractivity contribution < 1.29 is 4.79 Å². The summed E-state index contributed by atoms with van der Waals surface area (Å²) in [6, 6.07) is 11.1. The maximum Gasteiger partial charge on any atom is 0.251 e. The molecule has 0 aliphatic rings. The Morgan fingerprint density at radius 1 is 1.20 bits per heavy atom. The van der Waals surface area contributed by atoms with Crippen LogP contribution in [0.5, 0.6) is 0 Å². The van der Waals surface area contributed by atoms with Crippen LogP contribution in [0.1, 0.15) is 27.0 Å². The Bertz CT molecular complexity index is 653. The average Bonchev–Trinajstić information content (AvgIpc) is 2.41. The molecular formula is C16H17ClN2O. The molecule has 0 spiro atoms. The van der Waals surface area contributed by atoms with Crippen molar-refractivity contribution >= 4 is 23.2 Å². The number of nitrogens with one attached hydrogen (secondary N) is 1. The number of nitrogens with two attached hydrogens (primary N) is 1. The molecule has 0 unspecified atom stereocenters. The highest BCUT2D eigenvalue weighted by molar-refractivity contribution is 6.31. The summed E-state index contributed by atoms with van der Waals surface area (Å²) in [5, 5.41) is 3.51. The van der Waals surface area contributed by atoms with E-state index in [1.54, 1.807) is 12.1 Å². The number of rotatable bonds is 3. The Morgan fingerprint density at radius 2 is 1.90 bits per heavy atom. The lowest BCUT2D eigenvalue weighted by atomic mass is 10.0. The molecule has 0 heterocycles. The smallest absolute Gasteiger partial charge is 0.251 e. The first kappa shape index (κ1) is 14.4. The number of halogens is 1.